The molecule has 0 aliphatic heterocycles. The number of aliphatic hydroxyl groups excluding tert-OH is 2. The van der Waals surface area contributed by atoms with Gasteiger partial charge in [-0.15, -0.1) is 11.6 Å². The molecule has 4 atom stereocenters. The van der Waals surface area contributed by atoms with Crippen LogP contribution in [-0.4, -0.2) is 40.9 Å². The molecule has 4 bridgehead atoms. The van der Waals surface area contributed by atoms with Crippen LogP contribution in [0.2, 0.25) is 0 Å². The van der Waals surface area contributed by atoms with Gasteiger partial charge < -0.3 is 20.8 Å². The first-order valence-corrected chi connectivity index (χ1v) is 15.1. The average molecular weight is 556 g/mol. The third kappa shape index (κ3) is 5.28. The van der Waals surface area contributed by atoms with Crippen LogP contribution in [0.25, 0.3) is 0 Å². The second-order valence-corrected chi connectivity index (χ2v) is 13.6. The van der Waals surface area contributed by atoms with E-state index in [9.17, 15) is 10.2 Å². The summed E-state index contributed by atoms with van der Waals surface area (Å²) in [5, 5.41) is 29.2. The molecule has 1 aromatic rings. The number of halogens is 2. The van der Waals surface area contributed by atoms with Crippen LogP contribution < -0.4 is 10.6 Å². The Morgan fingerprint density at radius 1 is 0.921 bits per heavy atom. The van der Waals surface area contributed by atoms with Crippen molar-refractivity contribution in [2.45, 2.75) is 69.6 Å². The summed E-state index contributed by atoms with van der Waals surface area (Å²) < 4.78 is 0. The van der Waals surface area contributed by atoms with Gasteiger partial charge in [0.1, 0.15) is 0 Å². The molecule has 7 rings (SSSR count). The normalized spacial score (nSPS) is 37.9. The maximum atomic E-state index is 11.7. The molecule has 6 aliphatic rings. The second kappa shape index (κ2) is 10.8. The van der Waals surface area contributed by atoms with E-state index < -0.39 is 17.6 Å². The van der Waals surface area contributed by atoms with E-state index in [1.807, 2.05) is 12.1 Å². The van der Waals surface area contributed by atoms with Gasteiger partial charge in [0, 0.05) is 36.3 Å². The minimum atomic E-state index is -0.737. The molecule has 0 heterocycles. The zero-order chi connectivity index (χ0) is 26.4. The third-order valence-electron chi connectivity index (χ3n) is 9.75. The van der Waals surface area contributed by atoms with Gasteiger partial charge in [-0.2, -0.15) is 0 Å². The molecule has 4 fully saturated rings. The van der Waals surface area contributed by atoms with E-state index in [1.165, 1.54) is 49.7 Å². The summed E-state index contributed by atoms with van der Waals surface area (Å²) in [5.41, 5.74) is 5.83. The molecule has 204 valence electrons. The first kappa shape index (κ1) is 26.7. The molecule has 0 saturated heterocycles. The summed E-state index contributed by atoms with van der Waals surface area (Å²) in [6.45, 7) is 4.03. The molecule has 1 aromatic carbocycles. The van der Waals surface area contributed by atoms with Gasteiger partial charge in [0.2, 0.25) is 0 Å². The topological polar surface area (TPSA) is 64.5 Å². The van der Waals surface area contributed by atoms with Crippen LogP contribution in [-0.2, 0) is 6.54 Å². The number of hydrogen-bond donors (Lipinski definition) is 4. The highest BCUT2D eigenvalue weighted by molar-refractivity contribution is 6.32. The second-order valence-electron chi connectivity index (χ2n) is 12.6. The molecule has 0 radical (unpaired) electrons. The lowest BCUT2D eigenvalue weighted by Crippen LogP contribution is -2.50. The SMILES string of the molecule is CC1=CC(CNc2ccccc2CNCC2=CC(Cl)=CC(Cl)C2O)C(O)C(C23CC4CC(CC(C4)C2)C3)=C1. The third-order valence-corrected chi connectivity index (χ3v) is 10.3. The van der Waals surface area contributed by atoms with E-state index in [0.717, 1.165) is 34.6 Å². The lowest BCUT2D eigenvalue weighted by atomic mass is 9.46. The number of aliphatic hydroxyl groups is 2. The summed E-state index contributed by atoms with van der Waals surface area (Å²) in [7, 11) is 0. The van der Waals surface area contributed by atoms with Gasteiger partial charge in [-0.1, -0.05) is 47.5 Å². The van der Waals surface area contributed by atoms with Crippen LogP contribution in [0.3, 0.4) is 0 Å². The smallest absolute Gasteiger partial charge is 0.0965 e. The molecule has 4 N–H and O–H groups in total. The summed E-state index contributed by atoms with van der Waals surface area (Å²) in [6, 6.07) is 8.29. The molecule has 38 heavy (non-hydrogen) atoms. The Hall–Kier alpha value is -1.56. The van der Waals surface area contributed by atoms with Crippen molar-refractivity contribution in [1.29, 1.82) is 0 Å². The molecule has 6 heteroatoms. The quantitative estimate of drug-likeness (QED) is 0.285. The van der Waals surface area contributed by atoms with E-state index >= 15 is 0 Å². The number of hydrogen-bond acceptors (Lipinski definition) is 4. The van der Waals surface area contributed by atoms with Crippen LogP contribution in [0.1, 0.15) is 51.0 Å². The standard InChI is InChI=1S/C32H40Cl2N2O2/c1-19-6-24(30(37)27(7-19)32-13-20-8-21(14-32)10-22(9-20)15-32)18-36-29-5-3-2-4-23(29)16-35-17-25-11-26(33)12-28(34)31(25)38/h2-7,11-12,20-22,24,28,30-31,35-38H,8-10,13-18H2,1H3. The van der Waals surface area contributed by atoms with Crippen LogP contribution in [0.5, 0.6) is 0 Å². The number of para-hydroxylation sites is 1. The van der Waals surface area contributed by atoms with E-state index in [0.29, 0.717) is 24.7 Å². The Kier molecular flexibility index (Phi) is 7.56. The van der Waals surface area contributed by atoms with Crippen LogP contribution in [0.15, 0.2) is 70.3 Å². The van der Waals surface area contributed by atoms with Crippen molar-refractivity contribution in [2.75, 3.05) is 18.4 Å². The van der Waals surface area contributed by atoms with Gasteiger partial charge in [-0.25, -0.2) is 0 Å². The maximum absolute atomic E-state index is 11.7. The monoisotopic (exact) mass is 554 g/mol. The first-order valence-electron chi connectivity index (χ1n) is 14.3. The summed E-state index contributed by atoms with van der Waals surface area (Å²) in [6.07, 6.45) is 15.0. The molecular formula is C32H40Cl2N2O2. The molecule has 4 saturated carbocycles. The van der Waals surface area contributed by atoms with Crippen molar-refractivity contribution in [3.8, 4) is 0 Å². The van der Waals surface area contributed by atoms with Gasteiger partial charge in [-0.05, 0) is 104 Å². The molecule has 6 aliphatic carbocycles. The van der Waals surface area contributed by atoms with Gasteiger partial charge >= 0.3 is 0 Å². The average Bonchev–Trinajstić information content (AvgIpc) is 2.87. The summed E-state index contributed by atoms with van der Waals surface area (Å²) >= 11 is 12.3. The van der Waals surface area contributed by atoms with E-state index in [2.05, 4.69) is 41.8 Å². The van der Waals surface area contributed by atoms with Gasteiger partial charge in [-0.3, -0.25) is 0 Å². The highest BCUT2D eigenvalue weighted by atomic mass is 35.5. The van der Waals surface area contributed by atoms with Gasteiger partial charge in [0.25, 0.3) is 0 Å². The number of nitrogens with one attached hydrogen (secondary N) is 2. The van der Waals surface area contributed by atoms with Crippen LogP contribution >= 0.6 is 23.2 Å². The summed E-state index contributed by atoms with van der Waals surface area (Å²) in [4.78, 5) is 0. The summed E-state index contributed by atoms with van der Waals surface area (Å²) in [5.74, 6) is 2.65. The lowest BCUT2D eigenvalue weighted by molar-refractivity contribution is -0.0441. The van der Waals surface area contributed by atoms with Crippen molar-refractivity contribution >= 4 is 28.9 Å². The predicted octanol–water partition coefficient (Wildman–Crippen LogP) is 6.30. The molecule has 0 spiro atoms. The zero-order valence-corrected chi connectivity index (χ0v) is 23.7. The number of alkyl halides is 1. The fourth-order valence-corrected chi connectivity index (χ4v) is 9.11. The zero-order valence-electron chi connectivity index (χ0n) is 22.2. The van der Waals surface area contributed by atoms with E-state index in [4.69, 9.17) is 23.2 Å². The fourth-order valence-electron chi connectivity index (χ4n) is 8.47. The minimum Gasteiger partial charge on any atom is -0.388 e. The molecule has 4 nitrogen and oxygen atoms in total. The highest BCUT2D eigenvalue weighted by Gasteiger charge is 2.54. The number of benzene rings is 1. The molecule has 0 aromatic heterocycles. The van der Waals surface area contributed by atoms with Crippen LogP contribution in [0.4, 0.5) is 5.69 Å². The van der Waals surface area contributed by atoms with Gasteiger partial charge in [0.05, 0.1) is 17.6 Å². The van der Waals surface area contributed by atoms with E-state index in [1.54, 1.807) is 12.2 Å². The molecule has 4 unspecified atom stereocenters. The lowest BCUT2D eigenvalue weighted by Gasteiger charge is -2.59. The highest BCUT2D eigenvalue weighted by Crippen LogP contribution is 2.63. The first-order chi connectivity index (χ1) is 18.3. The Morgan fingerprint density at radius 2 is 1.61 bits per heavy atom. The van der Waals surface area contributed by atoms with Gasteiger partial charge in [0.15, 0.2) is 0 Å². The Bertz CT molecular complexity index is 1150. The van der Waals surface area contributed by atoms with Crippen LogP contribution in [0, 0.1) is 29.1 Å². The van der Waals surface area contributed by atoms with Crippen molar-refractivity contribution in [2.24, 2.45) is 29.1 Å². The number of anilines is 1. The van der Waals surface area contributed by atoms with Crippen molar-refractivity contribution < 1.29 is 10.2 Å². The Labute approximate surface area is 236 Å². The predicted molar refractivity (Wildman–Crippen MR) is 156 cm³/mol. The van der Waals surface area contributed by atoms with Crippen molar-refractivity contribution in [3.63, 3.8) is 0 Å². The fraction of sp³-hybridized carbons (Fsp3) is 0.562. The molecule has 0 amide bonds. The Morgan fingerprint density at radius 3 is 2.32 bits per heavy atom. The largest absolute Gasteiger partial charge is 0.388 e. The molecular weight excluding hydrogens is 515 g/mol. The maximum Gasteiger partial charge on any atom is 0.0965 e. The minimum absolute atomic E-state index is 0.0566. The number of allylic oxidation sites excluding steroid dienone is 4. The van der Waals surface area contributed by atoms with Crippen molar-refractivity contribution in [1.82, 2.24) is 5.32 Å². The van der Waals surface area contributed by atoms with Crippen molar-refractivity contribution in [3.05, 3.63) is 75.9 Å². The number of rotatable bonds is 8. The Balaban J connectivity index is 1.10. The van der Waals surface area contributed by atoms with E-state index in [-0.39, 0.29) is 11.3 Å².